The Balaban J connectivity index is 1.33. The summed E-state index contributed by atoms with van der Waals surface area (Å²) in [4.78, 5) is 32.7. The van der Waals surface area contributed by atoms with Gasteiger partial charge >= 0.3 is 5.69 Å². The summed E-state index contributed by atoms with van der Waals surface area (Å²) in [5.41, 5.74) is 2.89. The van der Waals surface area contributed by atoms with Crippen LogP contribution in [0.4, 0.5) is 0 Å². The number of pyridine rings is 1. The second kappa shape index (κ2) is 7.34. The Morgan fingerprint density at radius 3 is 3.06 bits per heavy atom. The molecule has 0 spiro atoms. The van der Waals surface area contributed by atoms with E-state index in [1.54, 1.807) is 25.6 Å². The highest BCUT2D eigenvalue weighted by Gasteiger charge is 2.40. The summed E-state index contributed by atoms with van der Waals surface area (Å²) in [6, 6.07) is 8.19. The monoisotopic (exact) mass is 432 g/mol. The number of aromatic nitrogens is 3. The number of methoxy groups -OCH3 is 1. The quantitative estimate of drug-likeness (QED) is 0.514. The Morgan fingerprint density at radius 1 is 1.28 bits per heavy atom. The van der Waals surface area contributed by atoms with Crippen LogP contribution < -0.4 is 21.3 Å². The number of aromatic amines is 1. The van der Waals surface area contributed by atoms with Crippen LogP contribution in [0.2, 0.25) is 0 Å². The summed E-state index contributed by atoms with van der Waals surface area (Å²) < 4.78 is 12.6. The fourth-order valence-electron chi connectivity index (χ4n) is 5.69. The van der Waals surface area contributed by atoms with Crippen LogP contribution in [0, 0.1) is 5.92 Å². The third-order valence-electron chi connectivity index (χ3n) is 7.17. The van der Waals surface area contributed by atoms with Gasteiger partial charge in [-0.3, -0.25) is 14.3 Å². The lowest BCUT2D eigenvalue weighted by molar-refractivity contribution is 0.370. The first-order valence-electron chi connectivity index (χ1n) is 11.0. The van der Waals surface area contributed by atoms with Crippen molar-refractivity contribution in [2.45, 2.75) is 37.8 Å². The molecule has 8 nitrogen and oxygen atoms in total. The Morgan fingerprint density at radius 2 is 2.19 bits per heavy atom. The number of hydrogen-bond donors (Lipinski definition) is 2. The van der Waals surface area contributed by atoms with Crippen LogP contribution in [0.5, 0.6) is 5.75 Å². The molecule has 1 aliphatic carbocycles. The fraction of sp³-hybridized carbons (Fsp3) is 0.375. The number of hydrogen-bond acceptors (Lipinski definition) is 6. The summed E-state index contributed by atoms with van der Waals surface area (Å²) in [5.74, 6) is 1.86. The predicted octanol–water partition coefficient (Wildman–Crippen LogP) is 2.55. The Bertz CT molecular complexity index is 1450. The summed E-state index contributed by atoms with van der Waals surface area (Å²) >= 11 is 0. The van der Waals surface area contributed by atoms with E-state index in [-0.39, 0.29) is 11.6 Å². The standard InChI is InChI=1S/C24H24N4O4/c1-31-18-4-2-3-15-14(18)6-5-13-11-26-17(20(13)15)8-10-28-23(29)22-21(27-24(28)30)16-7-9-25-12-19(16)32-22/h2-4,7,9,12-13,17,20,26H,5-6,8,10-11H2,1H3,(H,27,30)/t13-,17?,20+/m0/s1. The van der Waals surface area contributed by atoms with Gasteiger partial charge in [-0.2, -0.15) is 0 Å². The molecule has 0 saturated carbocycles. The van der Waals surface area contributed by atoms with Crippen LogP contribution in [-0.4, -0.2) is 34.2 Å². The van der Waals surface area contributed by atoms with Gasteiger partial charge in [0.25, 0.3) is 5.56 Å². The maximum atomic E-state index is 13.1. The van der Waals surface area contributed by atoms with Gasteiger partial charge in [0.05, 0.1) is 13.3 Å². The molecule has 0 amide bonds. The van der Waals surface area contributed by atoms with Crippen molar-refractivity contribution in [1.82, 2.24) is 19.9 Å². The maximum Gasteiger partial charge on any atom is 0.329 e. The van der Waals surface area contributed by atoms with Gasteiger partial charge in [-0.15, -0.1) is 0 Å². The van der Waals surface area contributed by atoms with Gasteiger partial charge in [0, 0.05) is 30.1 Å². The Labute approximate surface area is 183 Å². The molecule has 3 aromatic heterocycles. The van der Waals surface area contributed by atoms with Crippen molar-refractivity contribution in [2.75, 3.05) is 13.7 Å². The predicted molar refractivity (Wildman–Crippen MR) is 120 cm³/mol. The molecule has 1 saturated heterocycles. The van der Waals surface area contributed by atoms with Gasteiger partial charge in [0.15, 0.2) is 5.58 Å². The lowest BCUT2D eigenvalue weighted by Crippen LogP contribution is -2.37. The van der Waals surface area contributed by atoms with E-state index in [0.717, 1.165) is 25.1 Å². The van der Waals surface area contributed by atoms with Crippen molar-refractivity contribution < 1.29 is 9.15 Å². The van der Waals surface area contributed by atoms with E-state index >= 15 is 0 Å². The minimum absolute atomic E-state index is 0.164. The van der Waals surface area contributed by atoms with Crippen LogP contribution in [-0.2, 0) is 13.0 Å². The van der Waals surface area contributed by atoms with Gasteiger partial charge in [0.1, 0.15) is 11.3 Å². The zero-order chi connectivity index (χ0) is 21.8. The number of rotatable bonds is 4. The van der Waals surface area contributed by atoms with E-state index in [1.807, 2.05) is 6.07 Å². The number of nitrogens with zero attached hydrogens (tertiary/aromatic N) is 2. The van der Waals surface area contributed by atoms with Crippen LogP contribution in [0.15, 0.2) is 50.7 Å². The zero-order valence-corrected chi connectivity index (χ0v) is 17.8. The van der Waals surface area contributed by atoms with E-state index in [2.05, 4.69) is 27.4 Å². The third kappa shape index (κ3) is 2.82. The molecule has 164 valence electrons. The normalized spacial score (nSPS) is 22.2. The van der Waals surface area contributed by atoms with Gasteiger partial charge in [0.2, 0.25) is 5.58 Å². The number of fused-ring (bicyclic) bond motifs is 6. The van der Waals surface area contributed by atoms with Crippen LogP contribution in [0.1, 0.15) is 29.9 Å². The smallest absolute Gasteiger partial charge is 0.329 e. The van der Waals surface area contributed by atoms with Crippen molar-refractivity contribution in [3.8, 4) is 5.75 Å². The molecule has 6 rings (SSSR count). The Hall–Kier alpha value is -3.39. The number of H-pyrrole nitrogens is 1. The molecule has 0 radical (unpaired) electrons. The van der Waals surface area contributed by atoms with Crippen molar-refractivity contribution in [3.05, 3.63) is 68.6 Å². The average molecular weight is 432 g/mol. The molecular formula is C24H24N4O4. The Kier molecular flexibility index (Phi) is 4.43. The number of nitrogens with one attached hydrogen (secondary N) is 2. The van der Waals surface area contributed by atoms with Crippen LogP contribution >= 0.6 is 0 Å². The molecule has 1 unspecified atom stereocenters. The second-order valence-electron chi connectivity index (χ2n) is 8.72. The zero-order valence-electron chi connectivity index (χ0n) is 17.8. The molecule has 8 heteroatoms. The lowest BCUT2D eigenvalue weighted by Gasteiger charge is -2.32. The summed E-state index contributed by atoms with van der Waals surface area (Å²) in [6.07, 6.45) is 5.97. The topological polar surface area (TPSA) is 102 Å². The lowest BCUT2D eigenvalue weighted by atomic mass is 9.73. The number of furan rings is 1. The van der Waals surface area contributed by atoms with Crippen molar-refractivity contribution in [3.63, 3.8) is 0 Å². The molecule has 2 N–H and O–H groups in total. The molecule has 1 aliphatic heterocycles. The largest absolute Gasteiger partial charge is 0.496 e. The third-order valence-corrected chi connectivity index (χ3v) is 7.17. The van der Waals surface area contributed by atoms with Gasteiger partial charge < -0.3 is 19.5 Å². The molecule has 4 aromatic rings. The molecule has 1 aromatic carbocycles. The van der Waals surface area contributed by atoms with E-state index < -0.39 is 11.2 Å². The fourth-order valence-corrected chi connectivity index (χ4v) is 5.69. The second-order valence-corrected chi connectivity index (χ2v) is 8.72. The van der Waals surface area contributed by atoms with Gasteiger partial charge in [-0.05, 0) is 55.0 Å². The van der Waals surface area contributed by atoms with E-state index in [4.69, 9.17) is 9.15 Å². The highest BCUT2D eigenvalue weighted by Crippen LogP contribution is 2.45. The van der Waals surface area contributed by atoms with E-state index in [1.165, 1.54) is 15.7 Å². The first-order chi connectivity index (χ1) is 15.7. The SMILES string of the molecule is COc1cccc2c1CC[C@H]1CNC(CCn3c(=O)[nH]c4c(oc5cnccc54)c3=O)[C@@H]21. The van der Waals surface area contributed by atoms with E-state index in [0.29, 0.717) is 41.3 Å². The highest BCUT2D eigenvalue weighted by molar-refractivity contribution is 6.01. The average Bonchev–Trinajstić information content (AvgIpc) is 3.40. The molecule has 3 atom stereocenters. The number of benzene rings is 1. The van der Waals surface area contributed by atoms with Crippen molar-refractivity contribution >= 4 is 22.1 Å². The molecule has 2 aliphatic rings. The van der Waals surface area contributed by atoms with Gasteiger partial charge in [-0.1, -0.05) is 12.1 Å². The van der Waals surface area contributed by atoms with Gasteiger partial charge in [-0.25, -0.2) is 4.79 Å². The van der Waals surface area contributed by atoms with Crippen molar-refractivity contribution in [2.24, 2.45) is 5.92 Å². The summed E-state index contributed by atoms with van der Waals surface area (Å²) in [7, 11) is 1.72. The number of ether oxygens (including phenoxy) is 1. The molecular weight excluding hydrogens is 408 g/mol. The maximum absolute atomic E-state index is 13.1. The summed E-state index contributed by atoms with van der Waals surface area (Å²) in [5, 5.41) is 4.33. The first-order valence-corrected chi connectivity index (χ1v) is 11.0. The summed E-state index contributed by atoms with van der Waals surface area (Å²) in [6.45, 7) is 1.27. The van der Waals surface area contributed by atoms with E-state index in [9.17, 15) is 9.59 Å². The first kappa shape index (κ1) is 19.3. The minimum atomic E-state index is -0.415. The highest BCUT2D eigenvalue weighted by atomic mass is 16.5. The molecule has 0 bridgehead atoms. The van der Waals surface area contributed by atoms with Crippen molar-refractivity contribution in [1.29, 1.82) is 0 Å². The van der Waals surface area contributed by atoms with Crippen LogP contribution in [0.25, 0.3) is 22.1 Å². The minimum Gasteiger partial charge on any atom is -0.496 e. The molecule has 32 heavy (non-hydrogen) atoms. The van der Waals surface area contributed by atoms with Crippen LogP contribution in [0.3, 0.4) is 0 Å². The molecule has 1 fully saturated rings. The molecule has 4 heterocycles.